The van der Waals surface area contributed by atoms with Crippen LogP contribution in [0.1, 0.15) is 79.1 Å². The van der Waals surface area contributed by atoms with Crippen molar-refractivity contribution in [2.24, 2.45) is 11.8 Å². The summed E-state index contributed by atoms with van der Waals surface area (Å²) < 4.78 is 0. The molecule has 3 heteroatoms. The normalized spacial score (nSPS) is 37.2. The second-order valence-electron chi connectivity index (χ2n) is 7.55. The number of carbonyl (C=O) groups excluding carboxylic acids is 1. The molecule has 0 spiro atoms. The minimum Gasteiger partial charge on any atom is -0.326 e. The van der Waals surface area contributed by atoms with Gasteiger partial charge >= 0.3 is 0 Å². The van der Waals surface area contributed by atoms with Crippen LogP contribution in [0.5, 0.6) is 0 Å². The summed E-state index contributed by atoms with van der Waals surface area (Å²) in [6, 6.07) is 0. The van der Waals surface area contributed by atoms with Crippen LogP contribution in [0.4, 0.5) is 0 Å². The molecule has 2 rings (SSSR count). The maximum atomic E-state index is 12.7. The highest BCUT2D eigenvalue weighted by atomic mass is 16.2. The molecular formula is C18H34N2O. The SMILES string of the molecule is CCCC1NC(C)(CC)C(=O)N1CCC1CCC(C)CC1. The van der Waals surface area contributed by atoms with Crippen LogP contribution in [0.2, 0.25) is 0 Å². The Balaban J connectivity index is 1.91. The van der Waals surface area contributed by atoms with Gasteiger partial charge in [0, 0.05) is 6.54 Å². The lowest BCUT2D eigenvalue weighted by molar-refractivity contribution is -0.133. The van der Waals surface area contributed by atoms with Gasteiger partial charge in [-0.3, -0.25) is 10.1 Å². The van der Waals surface area contributed by atoms with E-state index in [1.807, 2.05) is 0 Å². The number of hydrogen-bond donors (Lipinski definition) is 1. The third-order valence-electron chi connectivity index (χ3n) is 5.78. The van der Waals surface area contributed by atoms with E-state index in [1.54, 1.807) is 0 Å². The second kappa shape index (κ2) is 7.13. The van der Waals surface area contributed by atoms with Crippen molar-refractivity contribution in [2.45, 2.75) is 90.8 Å². The third-order valence-corrected chi connectivity index (χ3v) is 5.78. The Morgan fingerprint density at radius 3 is 2.43 bits per heavy atom. The van der Waals surface area contributed by atoms with Gasteiger partial charge in [0.1, 0.15) is 0 Å². The summed E-state index contributed by atoms with van der Waals surface area (Å²) in [5.74, 6) is 2.07. The summed E-state index contributed by atoms with van der Waals surface area (Å²) >= 11 is 0. The molecule has 3 nitrogen and oxygen atoms in total. The molecule has 21 heavy (non-hydrogen) atoms. The number of carbonyl (C=O) groups is 1. The van der Waals surface area contributed by atoms with Crippen molar-refractivity contribution >= 4 is 5.91 Å². The van der Waals surface area contributed by atoms with Crippen LogP contribution in [0.15, 0.2) is 0 Å². The molecule has 0 aromatic carbocycles. The van der Waals surface area contributed by atoms with Gasteiger partial charge in [-0.05, 0) is 38.0 Å². The van der Waals surface area contributed by atoms with E-state index in [2.05, 4.69) is 37.9 Å². The number of amides is 1. The Morgan fingerprint density at radius 2 is 1.86 bits per heavy atom. The first-order chi connectivity index (χ1) is 10.00. The van der Waals surface area contributed by atoms with Crippen molar-refractivity contribution in [3.05, 3.63) is 0 Å². The zero-order valence-corrected chi connectivity index (χ0v) is 14.5. The fraction of sp³-hybridized carbons (Fsp3) is 0.944. The van der Waals surface area contributed by atoms with Crippen LogP contribution in [0.3, 0.4) is 0 Å². The summed E-state index contributed by atoms with van der Waals surface area (Å²) in [5, 5.41) is 3.59. The highest BCUT2D eigenvalue weighted by Crippen LogP contribution is 2.32. The first-order valence-corrected chi connectivity index (χ1v) is 9.09. The van der Waals surface area contributed by atoms with Crippen molar-refractivity contribution in [1.82, 2.24) is 10.2 Å². The Bertz CT molecular complexity index is 349. The van der Waals surface area contributed by atoms with Gasteiger partial charge in [0.15, 0.2) is 0 Å². The van der Waals surface area contributed by atoms with Crippen molar-refractivity contribution in [1.29, 1.82) is 0 Å². The molecule has 0 aromatic rings. The molecular weight excluding hydrogens is 260 g/mol. The largest absolute Gasteiger partial charge is 0.326 e. The lowest BCUT2D eigenvalue weighted by Gasteiger charge is -2.30. The molecule has 0 radical (unpaired) electrons. The van der Waals surface area contributed by atoms with Crippen molar-refractivity contribution in [3.63, 3.8) is 0 Å². The number of nitrogens with one attached hydrogen (secondary N) is 1. The smallest absolute Gasteiger partial charge is 0.243 e. The molecule has 1 aliphatic carbocycles. The molecule has 1 heterocycles. The number of rotatable bonds is 6. The molecule has 122 valence electrons. The average Bonchev–Trinajstić information content (AvgIpc) is 2.71. The fourth-order valence-electron chi connectivity index (χ4n) is 3.92. The van der Waals surface area contributed by atoms with E-state index in [9.17, 15) is 4.79 Å². The Hall–Kier alpha value is -0.570. The van der Waals surface area contributed by atoms with Crippen molar-refractivity contribution < 1.29 is 4.79 Å². The van der Waals surface area contributed by atoms with Gasteiger partial charge in [0.25, 0.3) is 0 Å². The molecule has 0 aromatic heterocycles. The maximum Gasteiger partial charge on any atom is 0.243 e. The number of hydrogen-bond acceptors (Lipinski definition) is 2. The maximum absolute atomic E-state index is 12.7. The average molecular weight is 294 g/mol. The molecule has 1 saturated heterocycles. The highest BCUT2D eigenvalue weighted by Gasteiger charge is 2.45. The molecule has 1 amide bonds. The summed E-state index contributed by atoms with van der Waals surface area (Å²) in [5.41, 5.74) is -0.332. The first-order valence-electron chi connectivity index (χ1n) is 9.09. The molecule has 2 atom stereocenters. The van der Waals surface area contributed by atoms with E-state index in [4.69, 9.17) is 0 Å². The van der Waals surface area contributed by atoms with Crippen molar-refractivity contribution in [3.8, 4) is 0 Å². The van der Waals surface area contributed by atoms with E-state index in [-0.39, 0.29) is 11.7 Å². The topological polar surface area (TPSA) is 32.3 Å². The van der Waals surface area contributed by atoms with E-state index >= 15 is 0 Å². The predicted octanol–water partition coefficient (Wildman–Crippen LogP) is 3.93. The van der Waals surface area contributed by atoms with Gasteiger partial charge in [-0.25, -0.2) is 0 Å². The van der Waals surface area contributed by atoms with Crippen LogP contribution in [-0.2, 0) is 4.79 Å². The van der Waals surface area contributed by atoms with Gasteiger partial charge < -0.3 is 4.90 Å². The summed E-state index contributed by atoms with van der Waals surface area (Å²) in [4.78, 5) is 14.9. The van der Waals surface area contributed by atoms with Crippen LogP contribution in [-0.4, -0.2) is 29.1 Å². The Kier molecular flexibility index (Phi) is 5.70. The van der Waals surface area contributed by atoms with Gasteiger partial charge in [0.2, 0.25) is 5.91 Å². The van der Waals surface area contributed by atoms with Crippen LogP contribution < -0.4 is 5.32 Å². The summed E-state index contributed by atoms with van der Waals surface area (Å²) in [6.45, 7) is 9.70. The quantitative estimate of drug-likeness (QED) is 0.805. The molecule has 1 aliphatic heterocycles. The minimum atomic E-state index is -0.332. The fourth-order valence-corrected chi connectivity index (χ4v) is 3.92. The van der Waals surface area contributed by atoms with Gasteiger partial charge in [-0.1, -0.05) is 52.9 Å². The van der Waals surface area contributed by atoms with Gasteiger partial charge in [-0.15, -0.1) is 0 Å². The van der Waals surface area contributed by atoms with E-state index in [0.29, 0.717) is 5.91 Å². The summed E-state index contributed by atoms with van der Waals surface area (Å²) in [6.07, 6.45) is 10.0. The van der Waals surface area contributed by atoms with Crippen LogP contribution in [0, 0.1) is 11.8 Å². The molecule has 2 aliphatic rings. The van der Waals surface area contributed by atoms with Crippen molar-refractivity contribution in [2.75, 3.05) is 6.54 Å². The lowest BCUT2D eigenvalue weighted by Crippen LogP contribution is -2.43. The monoisotopic (exact) mass is 294 g/mol. The minimum absolute atomic E-state index is 0.259. The van der Waals surface area contributed by atoms with E-state index in [0.717, 1.165) is 37.6 Å². The van der Waals surface area contributed by atoms with Crippen LogP contribution >= 0.6 is 0 Å². The first kappa shape index (κ1) is 16.8. The van der Waals surface area contributed by atoms with Gasteiger partial charge in [0.05, 0.1) is 11.7 Å². The van der Waals surface area contributed by atoms with E-state index in [1.165, 1.54) is 32.1 Å². The standard InChI is InChI=1S/C18H34N2O/c1-5-7-16-19-18(4,6-2)17(21)20(16)13-12-15-10-8-14(3)9-11-15/h14-16,19H,5-13H2,1-4H3. The Morgan fingerprint density at radius 1 is 1.19 bits per heavy atom. The molecule has 1 saturated carbocycles. The molecule has 1 N–H and O–H groups in total. The lowest BCUT2D eigenvalue weighted by atomic mass is 9.81. The third kappa shape index (κ3) is 3.80. The van der Waals surface area contributed by atoms with Gasteiger partial charge in [-0.2, -0.15) is 0 Å². The summed E-state index contributed by atoms with van der Waals surface area (Å²) in [7, 11) is 0. The second-order valence-corrected chi connectivity index (χ2v) is 7.55. The molecule has 0 bridgehead atoms. The van der Waals surface area contributed by atoms with Crippen LogP contribution in [0.25, 0.3) is 0 Å². The zero-order chi connectivity index (χ0) is 15.5. The molecule has 2 fully saturated rings. The predicted molar refractivity (Wildman–Crippen MR) is 88.0 cm³/mol. The highest BCUT2D eigenvalue weighted by molar-refractivity contribution is 5.88. The Labute approximate surface area is 130 Å². The number of nitrogens with zero attached hydrogens (tertiary/aromatic N) is 1. The molecule has 2 unspecified atom stereocenters. The zero-order valence-electron chi connectivity index (χ0n) is 14.5. The van der Waals surface area contributed by atoms with E-state index < -0.39 is 0 Å².